The van der Waals surface area contributed by atoms with Gasteiger partial charge in [0.15, 0.2) is 5.65 Å². The Morgan fingerprint density at radius 3 is 2.59 bits per heavy atom. The number of anilines is 3. The molecule has 0 fully saturated rings. The van der Waals surface area contributed by atoms with E-state index in [9.17, 15) is 0 Å². The van der Waals surface area contributed by atoms with E-state index in [2.05, 4.69) is 25.3 Å². The number of aromatic nitrogens is 4. The highest BCUT2D eigenvalue weighted by atomic mass is 16.5. The van der Waals surface area contributed by atoms with E-state index in [-0.39, 0.29) is 11.8 Å². The van der Waals surface area contributed by atoms with Crippen molar-refractivity contribution in [2.75, 3.05) is 23.9 Å². The Balaban J connectivity index is 1.78. The predicted octanol–water partition coefficient (Wildman–Crippen LogP) is 1.20. The van der Waals surface area contributed by atoms with E-state index in [0.717, 1.165) is 11.3 Å². The first-order valence-corrected chi connectivity index (χ1v) is 6.58. The van der Waals surface area contributed by atoms with Crippen LogP contribution in [0.3, 0.4) is 0 Å². The number of hydrogen-bond donors (Lipinski definition) is 3. The zero-order valence-electron chi connectivity index (χ0n) is 11.9. The van der Waals surface area contributed by atoms with Crippen LogP contribution in [-0.4, -0.2) is 27.0 Å². The molecule has 0 spiro atoms. The third-order valence-corrected chi connectivity index (χ3v) is 3.11. The van der Waals surface area contributed by atoms with Crippen molar-refractivity contribution >= 4 is 28.7 Å². The van der Waals surface area contributed by atoms with E-state index in [0.29, 0.717) is 23.5 Å². The molecule has 0 saturated heterocycles. The number of nitrogens with zero attached hydrogens (tertiary/aromatic N) is 4. The topological polar surface area (TPSA) is 125 Å². The summed E-state index contributed by atoms with van der Waals surface area (Å²) in [7, 11) is 1.63. The number of fused-ring (bicyclic) bond motifs is 1. The fraction of sp³-hybridized carbons (Fsp3) is 0.143. The lowest BCUT2D eigenvalue weighted by atomic mass is 10.2. The van der Waals surface area contributed by atoms with Crippen molar-refractivity contribution in [3.05, 3.63) is 36.0 Å². The third-order valence-electron chi connectivity index (χ3n) is 3.11. The van der Waals surface area contributed by atoms with Gasteiger partial charge in [0.2, 0.25) is 11.9 Å². The van der Waals surface area contributed by atoms with E-state index in [4.69, 9.17) is 16.2 Å². The summed E-state index contributed by atoms with van der Waals surface area (Å²) in [6.45, 7) is 0.575. The predicted molar refractivity (Wildman–Crippen MR) is 84.3 cm³/mol. The lowest BCUT2D eigenvalue weighted by molar-refractivity contribution is 0.414. The van der Waals surface area contributed by atoms with Crippen LogP contribution >= 0.6 is 0 Å². The summed E-state index contributed by atoms with van der Waals surface area (Å²) in [5.74, 6) is 1.61. The van der Waals surface area contributed by atoms with E-state index in [1.807, 2.05) is 24.3 Å². The van der Waals surface area contributed by atoms with Gasteiger partial charge >= 0.3 is 0 Å². The van der Waals surface area contributed by atoms with Crippen LogP contribution in [0.1, 0.15) is 5.56 Å². The van der Waals surface area contributed by atoms with Gasteiger partial charge in [0.05, 0.1) is 12.5 Å². The number of ether oxygens (including phenoxy) is 1. The zero-order valence-corrected chi connectivity index (χ0v) is 11.9. The van der Waals surface area contributed by atoms with E-state index in [1.54, 1.807) is 13.3 Å². The quantitative estimate of drug-likeness (QED) is 0.656. The molecule has 0 aliphatic rings. The second kappa shape index (κ2) is 5.68. The summed E-state index contributed by atoms with van der Waals surface area (Å²) in [6, 6.07) is 7.72. The molecule has 0 bridgehead atoms. The van der Waals surface area contributed by atoms with E-state index >= 15 is 0 Å². The molecule has 8 nitrogen and oxygen atoms in total. The molecule has 2 aromatic heterocycles. The van der Waals surface area contributed by atoms with Gasteiger partial charge in [-0.05, 0) is 17.7 Å². The second-order valence-corrected chi connectivity index (χ2v) is 4.60. The minimum Gasteiger partial charge on any atom is -0.497 e. The van der Waals surface area contributed by atoms with Gasteiger partial charge in [-0.15, -0.1) is 0 Å². The van der Waals surface area contributed by atoms with Crippen molar-refractivity contribution in [1.82, 2.24) is 19.9 Å². The van der Waals surface area contributed by atoms with Crippen molar-refractivity contribution in [3.8, 4) is 5.75 Å². The maximum atomic E-state index is 5.76. The van der Waals surface area contributed by atoms with Gasteiger partial charge in [0.1, 0.15) is 11.6 Å². The first-order chi connectivity index (χ1) is 10.7. The van der Waals surface area contributed by atoms with Crippen LogP contribution in [0.4, 0.5) is 17.7 Å². The number of nitrogen functional groups attached to an aromatic ring is 2. The molecule has 3 aromatic rings. The van der Waals surface area contributed by atoms with Crippen LogP contribution < -0.4 is 21.5 Å². The van der Waals surface area contributed by atoms with Crippen molar-refractivity contribution in [2.24, 2.45) is 0 Å². The Morgan fingerprint density at radius 2 is 1.86 bits per heavy atom. The van der Waals surface area contributed by atoms with E-state index in [1.165, 1.54) is 0 Å². The largest absolute Gasteiger partial charge is 0.497 e. The second-order valence-electron chi connectivity index (χ2n) is 4.60. The number of rotatable bonds is 4. The van der Waals surface area contributed by atoms with Crippen molar-refractivity contribution in [1.29, 1.82) is 0 Å². The molecule has 0 radical (unpaired) electrons. The molecule has 5 N–H and O–H groups in total. The molecule has 2 heterocycles. The van der Waals surface area contributed by atoms with Crippen LogP contribution in [0.25, 0.3) is 11.0 Å². The first-order valence-electron chi connectivity index (χ1n) is 6.58. The summed E-state index contributed by atoms with van der Waals surface area (Å²) in [5.41, 5.74) is 12.8. The molecule has 0 aliphatic carbocycles. The van der Waals surface area contributed by atoms with Crippen molar-refractivity contribution in [2.45, 2.75) is 6.54 Å². The molecule has 0 amide bonds. The standard InChI is InChI=1S/C14H15N7O/c1-22-9-4-2-8(3-5-9)6-17-14-18-7-10-11(15)19-13(16)20-12(10)21-14/h2-5,7H,6H2,1H3,(H5,15,16,17,18,19,20,21). The van der Waals surface area contributed by atoms with Crippen LogP contribution in [0.2, 0.25) is 0 Å². The lowest BCUT2D eigenvalue weighted by Gasteiger charge is -2.07. The monoisotopic (exact) mass is 297 g/mol. The first kappa shape index (κ1) is 13.8. The molecule has 0 unspecified atom stereocenters. The zero-order chi connectivity index (χ0) is 15.5. The molecule has 22 heavy (non-hydrogen) atoms. The number of methoxy groups -OCH3 is 1. The highest BCUT2D eigenvalue weighted by molar-refractivity contribution is 5.85. The number of hydrogen-bond acceptors (Lipinski definition) is 8. The average Bonchev–Trinajstić information content (AvgIpc) is 2.53. The fourth-order valence-corrected chi connectivity index (χ4v) is 1.97. The lowest BCUT2D eigenvalue weighted by Crippen LogP contribution is -2.06. The van der Waals surface area contributed by atoms with Gasteiger partial charge < -0.3 is 21.5 Å². The third kappa shape index (κ3) is 2.80. The van der Waals surface area contributed by atoms with E-state index < -0.39 is 0 Å². The highest BCUT2D eigenvalue weighted by Crippen LogP contribution is 2.17. The minimum absolute atomic E-state index is 0.0878. The van der Waals surface area contributed by atoms with Gasteiger partial charge in [0, 0.05) is 12.7 Å². The Hall–Kier alpha value is -3.16. The van der Waals surface area contributed by atoms with Crippen molar-refractivity contribution in [3.63, 3.8) is 0 Å². The molecule has 8 heteroatoms. The molecule has 0 atom stereocenters. The normalized spacial score (nSPS) is 10.6. The van der Waals surface area contributed by atoms with Crippen LogP contribution in [0, 0.1) is 0 Å². The number of nitrogens with two attached hydrogens (primary N) is 2. The number of benzene rings is 1. The highest BCUT2D eigenvalue weighted by Gasteiger charge is 2.06. The SMILES string of the molecule is COc1ccc(CNc2ncc3c(N)nc(N)nc3n2)cc1. The Bertz CT molecular complexity index is 804. The van der Waals surface area contributed by atoms with Gasteiger partial charge in [0.25, 0.3) is 0 Å². The molecule has 0 aliphatic heterocycles. The molecule has 3 rings (SSSR count). The molecular weight excluding hydrogens is 282 g/mol. The molecule has 1 aromatic carbocycles. The van der Waals surface area contributed by atoms with Crippen LogP contribution in [0.5, 0.6) is 5.75 Å². The van der Waals surface area contributed by atoms with Crippen molar-refractivity contribution < 1.29 is 4.74 Å². The molecule has 0 saturated carbocycles. The van der Waals surface area contributed by atoms with Gasteiger partial charge in [-0.1, -0.05) is 12.1 Å². The van der Waals surface area contributed by atoms with Gasteiger partial charge in [-0.25, -0.2) is 4.98 Å². The van der Waals surface area contributed by atoms with Gasteiger partial charge in [-0.2, -0.15) is 15.0 Å². The fourth-order valence-electron chi connectivity index (χ4n) is 1.97. The Labute approximate surface area is 126 Å². The summed E-state index contributed by atoms with van der Waals surface area (Å²) in [4.78, 5) is 16.4. The summed E-state index contributed by atoms with van der Waals surface area (Å²) in [5, 5.41) is 3.70. The molecular formula is C14H15N7O. The smallest absolute Gasteiger partial charge is 0.224 e. The Kier molecular flexibility index (Phi) is 3.57. The summed E-state index contributed by atoms with van der Waals surface area (Å²) in [6.07, 6.45) is 1.58. The number of nitrogens with one attached hydrogen (secondary N) is 1. The van der Waals surface area contributed by atoms with Crippen LogP contribution in [-0.2, 0) is 6.54 Å². The Morgan fingerprint density at radius 1 is 1.09 bits per heavy atom. The maximum absolute atomic E-state index is 5.76. The van der Waals surface area contributed by atoms with Crippen LogP contribution in [0.15, 0.2) is 30.5 Å². The summed E-state index contributed by atoms with van der Waals surface area (Å²) < 4.78 is 5.12. The molecule has 112 valence electrons. The van der Waals surface area contributed by atoms with Gasteiger partial charge in [-0.3, -0.25) is 0 Å². The average molecular weight is 297 g/mol. The minimum atomic E-state index is 0.0878. The summed E-state index contributed by atoms with van der Waals surface area (Å²) >= 11 is 0. The maximum Gasteiger partial charge on any atom is 0.224 e.